The molecule has 0 aliphatic carbocycles. The van der Waals surface area contributed by atoms with Crippen LogP contribution in [0.1, 0.15) is 53.4 Å². The third kappa shape index (κ3) is 8.52. The van der Waals surface area contributed by atoms with Crippen LogP contribution in [0.15, 0.2) is 0 Å². The van der Waals surface area contributed by atoms with Gasteiger partial charge in [0.1, 0.15) is 0 Å². The van der Waals surface area contributed by atoms with Crippen LogP contribution in [0.5, 0.6) is 0 Å². The van der Waals surface area contributed by atoms with E-state index in [2.05, 4.69) is 27.7 Å². The highest BCUT2D eigenvalue weighted by Gasteiger charge is 2.13. The average molecular weight is 201 g/mol. The Labute approximate surface area is 89.2 Å². The number of methoxy groups -OCH3 is 1. The molecule has 2 nitrogen and oxygen atoms in total. The molecule has 0 amide bonds. The molecule has 0 aliphatic rings. The van der Waals surface area contributed by atoms with Crippen molar-refractivity contribution < 1.29 is 4.74 Å². The maximum atomic E-state index is 6.03. The van der Waals surface area contributed by atoms with Crippen LogP contribution in [0.4, 0.5) is 0 Å². The lowest BCUT2D eigenvalue weighted by atomic mass is 9.88. The summed E-state index contributed by atoms with van der Waals surface area (Å²) < 4.78 is 5.19. The molecular weight excluding hydrogens is 174 g/mol. The van der Waals surface area contributed by atoms with Crippen LogP contribution >= 0.6 is 0 Å². The van der Waals surface area contributed by atoms with Gasteiger partial charge in [0.2, 0.25) is 0 Å². The van der Waals surface area contributed by atoms with Crippen molar-refractivity contribution in [2.75, 3.05) is 7.11 Å². The highest BCUT2D eigenvalue weighted by molar-refractivity contribution is 4.69. The number of ether oxygens (including phenoxy) is 1. The molecule has 0 saturated heterocycles. The topological polar surface area (TPSA) is 35.2 Å². The molecule has 0 aromatic heterocycles. The maximum absolute atomic E-state index is 6.03. The van der Waals surface area contributed by atoms with Gasteiger partial charge < -0.3 is 10.5 Å². The predicted molar refractivity (Wildman–Crippen MR) is 62.4 cm³/mol. The highest BCUT2D eigenvalue weighted by atomic mass is 16.5. The van der Waals surface area contributed by atoms with Crippen LogP contribution in [0, 0.1) is 5.41 Å². The predicted octanol–water partition coefficient (Wildman–Crippen LogP) is 2.96. The molecule has 14 heavy (non-hydrogen) atoms. The SMILES string of the molecule is COC(C)CCC(N)CCC(C)(C)C. The van der Waals surface area contributed by atoms with Gasteiger partial charge in [-0.25, -0.2) is 0 Å². The minimum Gasteiger partial charge on any atom is -0.382 e. The fourth-order valence-electron chi connectivity index (χ4n) is 1.33. The lowest BCUT2D eigenvalue weighted by Crippen LogP contribution is -2.24. The van der Waals surface area contributed by atoms with Crippen LogP contribution in [0.3, 0.4) is 0 Å². The zero-order chi connectivity index (χ0) is 11.2. The molecule has 2 unspecified atom stereocenters. The van der Waals surface area contributed by atoms with Crippen LogP contribution in [-0.4, -0.2) is 19.3 Å². The molecule has 2 N–H and O–H groups in total. The minimum absolute atomic E-state index is 0.340. The quantitative estimate of drug-likeness (QED) is 0.717. The summed E-state index contributed by atoms with van der Waals surface area (Å²) in [5.74, 6) is 0. The van der Waals surface area contributed by atoms with Gasteiger partial charge in [0.15, 0.2) is 0 Å². The second-order valence-electron chi connectivity index (χ2n) is 5.48. The number of nitrogens with two attached hydrogens (primary N) is 1. The first kappa shape index (κ1) is 13.9. The van der Waals surface area contributed by atoms with E-state index in [1.54, 1.807) is 7.11 Å². The van der Waals surface area contributed by atoms with Crippen molar-refractivity contribution in [2.45, 2.75) is 65.5 Å². The van der Waals surface area contributed by atoms with E-state index < -0.39 is 0 Å². The summed E-state index contributed by atoms with van der Waals surface area (Å²) >= 11 is 0. The molecule has 0 bridgehead atoms. The Kier molecular flexibility index (Phi) is 6.38. The smallest absolute Gasteiger partial charge is 0.0543 e. The molecule has 0 radical (unpaired) electrons. The largest absolute Gasteiger partial charge is 0.382 e. The van der Waals surface area contributed by atoms with Gasteiger partial charge >= 0.3 is 0 Å². The molecule has 0 aromatic carbocycles. The van der Waals surface area contributed by atoms with Crippen LogP contribution < -0.4 is 5.73 Å². The van der Waals surface area contributed by atoms with E-state index >= 15 is 0 Å². The molecule has 0 saturated carbocycles. The lowest BCUT2D eigenvalue weighted by molar-refractivity contribution is 0.106. The molecule has 0 aliphatic heterocycles. The van der Waals surface area contributed by atoms with Gasteiger partial charge in [0.25, 0.3) is 0 Å². The van der Waals surface area contributed by atoms with E-state index in [4.69, 9.17) is 10.5 Å². The van der Waals surface area contributed by atoms with Gasteiger partial charge in [0.05, 0.1) is 6.10 Å². The number of hydrogen-bond acceptors (Lipinski definition) is 2. The van der Waals surface area contributed by atoms with Crippen LogP contribution in [0.2, 0.25) is 0 Å². The molecule has 0 heterocycles. The van der Waals surface area contributed by atoms with Crippen molar-refractivity contribution in [3.8, 4) is 0 Å². The van der Waals surface area contributed by atoms with Gasteiger partial charge in [-0.15, -0.1) is 0 Å². The van der Waals surface area contributed by atoms with E-state index in [1.165, 1.54) is 6.42 Å². The van der Waals surface area contributed by atoms with Crippen LogP contribution in [0.25, 0.3) is 0 Å². The van der Waals surface area contributed by atoms with E-state index in [1.807, 2.05) is 0 Å². The Morgan fingerprint density at radius 2 is 1.71 bits per heavy atom. The third-order valence-electron chi connectivity index (χ3n) is 2.61. The van der Waals surface area contributed by atoms with E-state index in [0.717, 1.165) is 19.3 Å². The molecule has 2 atom stereocenters. The second-order valence-corrected chi connectivity index (χ2v) is 5.48. The van der Waals surface area contributed by atoms with Crippen molar-refractivity contribution in [1.29, 1.82) is 0 Å². The zero-order valence-electron chi connectivity index (χ0n) is 10.5. The molecule has 0 rings (SSSR count). The molecule has 0 aromatic rings. The van der Waals surface area contributed by atoms with Crippen molar-refractivity contribution in [2.24, 2.45) is 11.1 Å². The monoisotopic (exact) mass is 201 g/mol. The second kappa shape index (κ2) is 6.41. The fraction of sp³-hybridized carbons (Fsp3) is 1.00. The summed E-state index contributed by atoms with van der Waals surface area (Å²) in [5.41, 5.74) is 6.44. The first-order chi connectivity index (χ1) is 6.35. The fourth-order valence-corrected chi connectivity index (χ4v) is 1.33. The Morgan fingerprint density at radius 1 is 1.14 bits per heavy atom. The first-order valence-electron chi connectivity index (χ1n) is 5.63. The molecule has 86 valence electrons. The maximum Gasteiger partial charge on any atom is 0.0543 e. The number of rotatable bonds is 6. The Balaban J connectivity index is 3.51. The molecular formula is C12H27NO. The summed E-state index contributed by atoms with van der Waals surface area (Å²) in [7, 11) is 1.76. The van der Waals surface area contributed by atoms with Crippen LogP contribution in [-0.2, 0) is 4.74 Å². The normalized spacial score (nSPS) is 16.7. The van der Waals surface area contributed by atoms with Gasteiger partial charge in [0, 0.05) is 13.2 Å². The summed E-state index contributed by atoms with van der Waals surface area (Å²) in [5, 5.41) is 0. The minimum atomic E-state index is 0.340. The van der Waals surface area contributed by atoms with Crippen molar-refractivity contribution in [3.05, 3.63) is 0 Å². The third-order valence-corrected chi connectivity index (χ3v) is 2.61. The van der Waals surface area contributed by atoms with Gasteiger partial charge in [-0.3, -0.25) is 0 Å². The van der Waals surface area contributed by atoms with E-state index in [9.17, 15) is 0 Å². The van der Waals surface area contributed by atoms with Crippen molar-refractivity contribution >= 4 is 0 Å². The summed E-state index contributed by atoms with van der Waals surface area (Å²) in [6.07, 6.45) is 4.82. The first-order valence-corrected chi connectivity index (χ1v) is 5.63. The van der Waals surface area contributed by atoms with Gasteiger partial charge in [-0.2, -0.15) is 0 Å². The van der Waals surface area contributed by atoms with E-state index in [-0.39, 0.29) is 0 Å². The van der Waals surface area contributed by atoms with Gasteiger partial charge in [-0.05, 0) is 38.0 Å². The zero-order valence-corrected chi connectivity index (χ0v) is 10.5. The van der Waals surface area contributed by atoms with E-state index in [0.29, 0.717) is 17.6 Å². The van der Waals surface area contributed by atoms with Crippen molar-refractivity contribution in [1.82, 2.24) is 0 Å². The Hall–Kier alpha value is -0.0800. The highest BCUT2D eigenvalue weighted by Crippen LogP contribution is 2.22. The van der Waals surface area contributed by atoms with Gasteiger partial charge in [-0.1, -0.05) is 20.8 Å². The molecule has 2 heteroatoms. The number of hydrogen-bond donors (Lipinski definition) is 1. The lowest BCUT2D eigenvalue weighted by Gasteiger charge is -2.21. The Bertz CT molecular complexity index is 140. The molecule has 0 fully saturated rings. The standard InChI is InChI=1S/C12H27NO/c1-10(14-5)6-7-11(13)8-9-12(2,3)4/h10-11H,6-9,13H2,1-5H3. The summed E-state index contributed by atoms with van der Waals surface area (Å²) in [6.45, 7) is 8.88. The van der Waals surface area contributed by atoms with Crippen molar-refractivity contribution in [3.63, 3.8) is 0 Å². The summed E-state index contributed by atoms with van der Waals surface area (Å²) in [4.78, 5) is 0. The average Bonchev–Trinajstić information content (AvgIpc) is 2.09. The Morgan fingerprint density at radius 3 is 2.14 bits per heavy atom. The molecule has 0 spiro atoms. The summed E-state index contributed by atoms with van der Waals surface area (Å²) in [6, 6.07) is 0.340.